The van der Waals surface area contributed by atoms with Crippen LogP contribution in [0.5, 0.6) is 0 Å². The highest BCUT2D eigenvalue weighted by molar-refractivity contribution is 6.08. The van der Waals surface area contributed by atoms with Crippen LogP contribution in [-0.4, -0.2) is 28.8 Å². The van der Waals surface area contributed by atoms with Crippen LogP contribution in [0.1, 0.15) is 65.0 Å². The minimum Gasteiger partial charge on any atom is -0.382 e. The number of amidine groups is 1. The average molecular weight is 417 g/mol. The van der Waals surface area contributed by atoms with Gasteiger partial charge in [-0.25, -0.2) is 4.99 Å². The van der Waals surface area contributed by atoms with Crippen molar-refractivity contribution in [1.29, 1.82) is 0 Å². The van der Waals surface area contributed by atoms with Crippen LogP contribution < -0.4 is 5.73 Å². The van der Waals surface area contributed by atoms with Gasteiger partial charge in [0.2, 0.25) is 0 Å². The third kappa shape index (κ3) is 3.42. The predicted octanol–water partition coefficient (Wildman–Crippen LogP) is 6.12. The SMILES string of the molecule is CCC(c1ccc(C2=C3C(N)=NC=CN3C(C(C)(C)C)N2C)c2ccccc12)C(C)C. The quantitative estimate of drug-likeness (QED) is 0.653. The maximum Gasteiger partial charge on any atom is 0.149 e. The second-order valence-electron chi connectivity index (χ2n) is 10.3. The number of fused-ring (bicyclic) bond motifs is 2. The molecule has 2 atom stereocenters. The number of nitrogens with zero attached hydrogens (tertiary/aromatic N) is 3. The van der Waals surface area contributed by atoms with Crippen molar-refractivity contribution >= 4 is 22.3 Å². The molecule has 4 rings (SSSR count). The van der Waals surface area contributed by atoms with Crippen LogP contribution in [-0.2, 0) is 0 Å². The summed E-state index contributed by atoms with van der Waals surface area (Å²) in [7, 11) is 2.18. The maximum atomic E-state index is 6.47. The van der Waals surface area contributed by atoms with Crippen LogP contribution in [0.25, 0.3) is 16.5 Å². The van der Waals surface area contributed by atoms with Crippen molar-refractivity contribution in [3.05, 3.63) is 65.6 Å². The number of aliphatic imine (C=N–C) groups is 1. The third-order valence-electron chi connectivity index (χ3n) is 6.78. The van der Waals surface area contributed by atoms with Crippen molar-refractivity contribution in [3.8, 4) is 0 Å². The van der Waals surface area contributed by atoms with Gasteiger partial charge < -0.3 is 15.5 Å². The number of benzene rings is 2. The molecule has 4 heteroatoms. The minimum absolute atomic E-state index is 0.0321. The molecule has 2 unspecified atom stereocenters. The summed E-state index contributed by atoms with van der Waals surface area (Å²) >= 11 is 0. The number of nitrogens with two attached hydrogens (primary N) is 1. The summed E-state index contributed by atoms with van der Waals surface area (Å²) in [6, 6.07) is 13.5. The fourth-order valence-electron chi connectivity index (χ4n) is 5.60. The molecule has 0 aliphatic carbocycles. The first-order chi connectivity index (χ1) is 14.7. The van der Waals surface area contributed by atoms with E-state index in [1.54, 1.807) is 0 Å². The van der Waals surface area contributed by atoms with Gasteiger partial charge in [-0.15, -0.1) is 0 Å². The van der Waals surface area contributed by atoms with Crippen molar-refractivity contribution < 1.29 is 0 Å². The van der Waals surface area contributed by atoms with Crippen molar-refractivity contribution in [2.75, 3.05) is 7.05 Å². The third-order valence-corrected chi connectivity index (χ3v) is 6.78. The molecule has 0 radical (unpaired) electrons. The van der Waals surface area contributed by atoms with Crippen molar-refractivity contribution in [2.24, 2.45) is 22.1 Å². The van der Waals surface area contributed by atoms with Gasteiger partial charge in [-0.05, 0) is 34.6 Å². The summed E-state index contributed by atoms with van der Waals surface area (Å²) < 4.78 is 0. The van der Waals surface area contributed by atoms with E-state index in [0.29, 0.717) is 17.7 Å². The molecule has 2 aromatic carbocycles. The van der Waals surface area contributed by atoms with Gasteiger partial charge >= 0.3 is 0 Å². The summed E-state index contributed by atoms with van der Waals surface area (Å²) in [6.07, 6.45) is 5.18. The monoisotopic (exact) mass is 416 g/mol. The van der Waals surface area contributed by atoms with Crippen LogP contribution in [0.15, 0.2) is 59.5 Å². The minimum atomic E-state index is 0.0321. The molecule has 2 aromatic rings. The Morgan fingerprint density at radius 1 is 1.03 bits per heavy atom. The Hall–Kier alpha value is -2.75. The lowest BCUT2D eigenvalue weighted by molar-refractivity contribution is 0.0962. The van der Waals surface area contributed by atoms with Crippen LogP contribution in [0.2, 0.25) is 0 Å². The molecule has 0 saturated carbocycles. The van der Waals surface area contributed by atoms with Gasteiger partial charge in [0.25, 0.3) is 0 Å². The van der Waals surface area contributed by atoms with E-state index in [1.807, 2.05) is 6.20 Å². The number of hydrogen-bond donors (Lipinski definition) is 1. The van der Waals surface area contributed by atoms with Gasteiger partial charge in [-0.3, -0.25) is 0 Å². The number of rotatable bonds is 4. The topological polar surface area (TPSA) is 44.9 Å². The number of hydrogen-bond acceptors (Lipinski definition) is 4. The molecule has 0 spiro atoms. The van der Waals surface area contributed by atoms with E-state index >= 15 is 0 Å². The molecular formula is C27H36N4. The normalized spacial score (nSPS) is 20.0. The van der Waals surface area contributed by atoms with E-state index in [-0.39, 0.29) is 11.6 Å². The summed E-state index contributed by atoms with van der Waals surface area (Å²) in [4.78, 5) is 9.13. The highest BCUT2D eigenvalue weighted by Crippen LogP contribution is 2.45. The van der Waals surface area contributed by atoms with Crippen molar-refractivity contribution in [2.45, 2.75) is 60.0 Å². The standard InChI is InChI=1S/C27H36N4/c1-8-18(17(2)3)21-13-14-22(20-12-10-9-11-19(20)21)23-24-25(28)29-15-16-31(24)26(30(23)7)27(4,5)6/h9-18,26H,8H2,1-7H3,(H2,28,29). The molecule has 0 saturated heterocycles. The molecule has 31 heavy (non-hydrogen) atoms. The largest absolute Gasteiger partial charge is 0.382 e. The fraction of sp³-hybridized carbons (Fsp3) is 0.444. The Bertz CT molecular complexity index is 1080. The van der Waals surface area contributed by atoms with Crippen LogP contribution >= 0.6 is 0 Å². The van der Waals surface area contributed by atoms with Crippen molar-refractivity contribution in [1.82, 2.24) is 9.80 Å². The molecular weight excluding hydrogens is 380 g/mol. The molecule has 0 fully saturated rings. The predicted molar refractivity (Wildman–Crippen MR) is 132 cm³/mol. The Morgan fingerprint density at radius 3 is 2.32 bits per heavy atom. The van der Waals surface area contributed by atoms with E-state index < -0.39 is 0 Å². The van der Waals surface area contributed by atoms with Gasteiger partial charge in [-0.2, -0.15) is 0 Å². The van der Waals surface area contributed by atoms with E-state index in [2.05, 4.69) is 106 Å². The Balaban J connectivity index is 1.98. The first-order valence-electron chi connectivity index (χ1n) is 11.4. The molecule has 0 aromatic heterocycles. The second-order valence-corrected chi connectivity index (χ2v) is 10.3. The molecule has 0 amide bonds. The Morgan fingerprint density at radius 2 is 1.71 bits per heavy atom. The lowest BCUT2D eigenvalue weighted by Gasteiger charge is -2.40. The first-order valence-corrected chi connectivity index (χ1v) is 11.4. The zero-order chi connectivity index (χ0) is 22.5. The molecule has 2 heterocycles. The zero-order valence-corrected chi connectivity index (χ0v) is 20.0. The summed E-state index contributed by atoms with van der Waals surface area (Å²) in [6.45, 7) is 13.8. The summed E-state index contributed by atoms with van der Waals surface area (Å²) in [5.74, 6) is 1.72. The van der Waals surface area contributed by atoms with E-state index in [4.69, 9.17) is 5.73 Å². The van der Waals surface area contributed by atoms with E-state index in [0.717, 1.165) is 17.8 Å². The molecule has 0 bridgehead atoms. The van der Waals surface area contributed by atoms with Gasteiger partial charge in [0.1, 0.15) is 17.7 Å². The Labute approximate surface area is 187 Å². The van der Waals surface area contributed by atoms with Gasteiger partial charge in [0.15, 0.2) is 0 Å². The molecule has 2 aliphatic rings. The van der Waals surface area contributed by atoms with Gasteiger partial charge in [0, 0.05) is 30.4 Å². The first kappa shape index (κ1) is 21.5. The summed E-state index contributed by atoms with van der Waals surface area (Å²) in [5.41, 5.74) is 11.3. The van der Waals surface area contributed by atoms with Crippen molar-refractivity contribution in [3.63, 3.8) is 0 Å². The fourth-order valence-corrected chi connectivity index (χ4v) is 5.60. The summed E-state index contributed by atoms with van der Waals surface area (Å²) in [5, 5.41) is 2.62. The van der Waals surface area contributed by atoms with E-state index in [1.165, 1.54) is 21.9 Å². The molecule has 164 valence electrons. The zero-order valence-electron chi connectivity index (χ0n) is 20.0. The van der Waals surface area contributed by atoms with Crippen LogP contribution in [0, 0.1) is 11.3 Å². The smallest absolute Gasteiger partial charge is 0.149 e. The lowest BCUT2D eigenvalue weighted by Crippen LogP contribution is -2.46. The Kier molecular flexibility index (Phi) is 5.36. The van der Waals surface area contributed by atoms with E-state index in [9.17, 15) is 0 Å². The molecule has 4 nitrogen and oxygen atoms in total. The van der Waals surface area contributed by atoms with Crippen LogP contribution in [0.4, 0.5) is 0 Å². The maximum absolute atomic E-state index is 6.47. The van der Waals surface area contributed by atoms with Crippen LogP contribution in [0.3, 0.4) is 0 Å². The average Bonchev–Trinajstić information content (AvgIpc) is 3.01. The van der Waals surface area contributed by atoms with Gasteiger partial charge in [-0.1, -0.05) is 77.9 Å². The second kappa shape index (κ2) is 7.74. The van der Waals surface area contributed by atoms with Gasteiger partial charge in [0.05, 0.1) is 5.70 Å². The molecule has 2 aliphatic heterocycles. The highest BCUT2D eigenvalue weighted by atomic mass is 15.4. The lowest BCUT2D eigenvalue weighted by atomic mass is 9.82. The highest BCUT2D eigenvalue weighted by Gasteiger charge is 2.44. The molecule has 2 N–H and O–H groups in total.